The van der Waals surface area contributed by atoms with E-state index in [1.54, 1.807) is 6.92 Å². The van der Waals surface area contributed by atoms with Gasteiger partial charge in [-0.15, -0.1) is 0 Å². The molecule has 0 saturated heterocycles. The Kier molecular flexibility index (Phi) is 6.14. The molecule has 0 aliphatic carbocycles. The van der Waals surface area contributed by atoms with Gasteiger partial charge in [-0.1, -0.05) is 0 Å². The van der Waals surface area contributed by atoms with Gasteiger partial charge in [0.1, 0.15) is 6.10 Å². The van der Waals surface area contributed by atoms with Gasteiger partial charge < -0.3 is 9.47 Å². The second-order valence-corrected chi connectivity index (χ2v) is 1.84. The van der Waals surface area contributed by atoms with E-state index in [2.05, 4.69) is 0 Å². The van der Waals surface area contributed by atoms with Gasteiger partial charge in [0.2, 0.25) is 0 Å². The third-order valence-corrected chi connectivity index (χ3v) is 0.981. The molecule has 0 aromatic rings. The topological polar surface area (TPSA) is 42.2 Å². The fourth-order valence-electron chi connectivity index (χ4n) is 0.465. The first-order chi connectivity index (χ1) is 4.81. The van der Waals surface area contributed by atoms with E-state index in [0.717, 1.165) is 0 Å². The van der Waals surface area contributed by atoms with Crippen molar-refractivity contribution in [2.45, 2.75) is 20.0 Å². The Morgan fingerprint density at radius 1 is 1.50 bits per heavy atom. The molecule has 1 unspecified atom stereocenters. The minimum Gasteiger partial charge on any atom is -0.379 e. The number of nitrogens with zero attached hydrogens (tertiary/aromatic N) is 1. The van der Waals surface area contributed by atoms with Gasteiger partial charge in [-0.2, -0.15) is 5.26 Å². The molecule has 0 saturated carbocycles. The molecule has 0 aliphatic rings. The summed E-state index contributed by atoms with van der Waals surface area (Å²) in [6, 6.07) is 1.96. The summed E-state index contributed by atoms with van der Waals surface area (Å²) in [6.07, 6.45) is -0.319. The minimum atomic E-state index is -0.319. The standard InChI is InChI=1S/C7H13NO2/c1-3-9-4-5-10-7(2)6-8/h7H,3-5H2,1-2H3. The lowest BCUT2D eigenvalue weighted by Gasteiger charge is -2.04. The van der Waals surface area contributed by atoms with Gasteiger partial charge in [0.15, 0.2) is 0 Å². The van der Waals surface area contributed by atoms with E-state index in [9.17, 15) is 0 Å². The van der Waals surface area contributed by atoms with Crippen molar-refractivity contribution in [3.8, 4) is 6.07 Å². The smallest absolute Gasteiger partial charge is 0.141 e. The summed E-state index contributed by atoms with van der Waals surface area (Å²) in [5.41, 5.74) is 0. The molecule has 3 heteroatoms. The van der Waals surface area contributed by atoms with Crippen LogP contribution in [0, 0.1) is 11.3 Å². The molecule has 3 nitrogen and oxygen atoms in total. The molecular weight excluding hydrogens is 130 g/mol. The molecule has 0 amide bonds. The molecule has 0 bridgehead atoms. The van der Waals surface area contributed by atoms with Crippen molar-refractivity contribution in [2.24, 2.45) is 0 Å². The molecule has 0 heterocycles. The predicted octanol–water partition coefficient (Wildman–Crippen LogP) is 0.952. The van der Waals surface area contributed by atoms with E-state index in [4.69, 9.17) is 14.7 Å². The van der Waals surface area contributed by atoms with Crippen molar-refractivity contribution in [3.63, 3.8) is 0 Å². The van der Waals surface area contributed by atoms with E-state index in [1.165, 1.54) is 0 Å². The van der Waals surface area contributed by atoms with E-state index < -0.39 is 0 Å². The number of nitriles is 1. The normalized spacial score (nSPS) is 12.5. The van der Waals surface area contributed by atoms with E-state index in [-0.39, 0.29) is 6.10 Å². The van der Waals surface area contributed by atoms with Crippen molar-refractivity contribution in [1.29, 1.82) is 5.26 Å². The summed E-state index contributed by atoms with van der Waals surface area (Å²) >= 11 is 0. The maximum Gasteiger partial charge on any atom is 0.141 e. The lowest BCUT2D eigenvalue weighted by molar-refractivity contribution is 0.0361. The molecule has 58 valence electrons. The van der Waals surface area contributed by atoms with Crippen molar-refractivity contribution in [3.05, 3.63) is 0 Å². The van der Waals surface area contributed by atoms with Gasteiger partial charge in [0.25, 0.3) is 0 Å². The Morgan fingerprint density at radius 2 is 2.20 bits per heavy atom. The average Bonchev–Trinajstić information content (AvgIpc) is 1.98. The average molecular weight is 143 g/mol. The predicted molar refractivity (Wildman–Crippen MR) is 37.5 cm³/mol. The van der Waals surface area contributed by atoms with Gasteiger partial charge in [-0.05, 0) is 13.8 Å². The highest BCUT2D eigenvalue weighted by Gasteiger charge is 1.96. The van der Waals surface area contributed by atoms with Crippen molar-refractivity contribution in [1.82, 2.24) is 0 Å². The van der Waals surface area contributed by atoms with Gasteiger partial charge in [0.05, 0.1) is 19.3 Å². The van der Waals surface area contributed by atoms with Gasteiger partial charge in [0, 0.05) is 6.61 Å². The molecule has 0 aliphatic heterocycles. The molecule has 0 fully saturated rings. The van der Waals surface area contributed by atoms with Crippen LogP contribution in [0.4, 0.5) is 0 Å². The summed E-state index contributed by atoms with van der Waals surface area (Å²) in [7, 11) is 0. The first-order valence-electron chi connectivity index (χ1n) is 3.40. The summed E-state index contributed by atoms with van der Waals surface area (Å²) in [4.78, 5) is 0. The molecule has 0 radical (unpaired) electrons. The highest BCUT2D eigenvalue weighted by molar-refractivity contribution is 4.78. The molecule has 0 aromatic heterocycles. The van der Waals surface area contributed by atoms with E-state index >= 15 is 0 Å². The second-order valence-electron chi connectivity index (χ2n) is 1.84. The zero-order chi connectivity index (χ0) is 7.82. The van der Waals surface area contributed by atoms with Crippen LogP contribution < -0.4 is 0 Å². The van der Waals surface area contributed by atoms with Crippen LogP contribution in [0.3, 0.4) is 0 Å². The van der Waals surface area contributed by atoms with Crippen molar-refractivity contribution in [2.75, 3.05) is 19.8 Å². The number of rotatable bonds is 5. The van der Waals surface area contributed by atoms with E-state index in [1.807, 2.05) is 13.0 Å². The Bertz CT molecular complexity index is 109. The van der Waals surface area contributed by atoms with Crippen LogP contribution in [0.25, 0.3) is 0 Å². The number of hydrogen-bond acceptors (Lipinski definition) is 3. The van der Waals surface area contributed by atoms with Crippen LogP contribution in [0.15, 0.2) is 0 Å². The Morgan fingerprint density at radius 3 is 2.70 bits per heavy atom. The van der Waals surface area contributed by atoms with E-state index in [0.29, 0.717) is 19.8 Å². The maximum absolute atomic E-state index is 8.28. The molecular formula is C7H13NO2. The fraction of sp³-hybridized carbons (Fsp3) is 0.857. The molecule has 0 aromatic carbocycles. The summed E-state index contributed by atoms with van der Waals surface area (Å²) in [5.74, 6) is 0. The summed E-state index contributed by atoms with van der Waals surface area (Å²) in [5, 5.41) is 8.28. The fourth-order valence-corrected chi connectivity index (χ4v) is 0.465. The summed E-state index contributed by atoms with van der Waals surface area (Å²) in [6.45, 7) is 5.41. The third-order valence-electron chi connectivity index (χ3n) is 0.981. The minimum absolute atomic E-state index is 0.319. The summed E-state index contributed by atoms with van der Waals surface area (Å²) < 4.78 is 10.0. The maximum atomic E-state index is 8.28. The molecule has 0 N–H and O–H groups in total. The molecule has 0 rings (SSSR count). The van der Waals surface area contributed by atoms with Crippen LogP contribution >= 0.6 is 0 Å². The Labute approximate surface area is 61.5 Å². The van der Waals surface area contributed by atoms with Gasteiger partial charge in [-0.25, -0.2) is 0 Å². The Hall–Kier alpha value is -0.590. The van der Waals surface area contributed by atoms with Gasteiger partial charge in [-0.3, -0.25) is 0 Å². The zero-order valence-corrected chi connectivity index (χ0v) is 6.46. The first kappa shape index (κ1) is 9.41. The monoisotopic (exact) mass is 143 g/mol. The van der Waals surface area contributed by atoms with Gasteiger partial charge >= 0.3 is 0 Å². The SMILES string of the molecule is CCOCCOC(C)C#N. The quantitative estimate of drug-likeness (QED) is 0.538. The zero-order valence-electron chi connectivity index (χ0n) is 6.46. The van der Waals surface area contributed by atoms with Crippen LogP contribution in [0.5, 0.6) is 0 Å². The van der Waals surface area contributed by atoms with Crippen molar-refractivity contribution < 1.29 is 9.47 Å². The highest BCUT2D eigenvalue weighted by Crippen LogP contribution is 1.86. The molecule has 1 atom stereocenters. The molecule has 0 spiro atoms. The van der Waals surface area contributed by atoms with Crippen molar-refractivity contribution >= 4 is 0 Å². The number of hydrogen-bond donors (Lipinski definition) is 0. The van der Waals surface area contributed by atoms with Crippen LogP contribution in [0.1, 0.15) is 13.8 Å². The lowest BCUT2D eigenvalue weighted by Crippen LogP contribution is -2.10. The molecule has 10 heavy (non-hydrogen) atoms. The van der Waals surface area contributed by atoms with Crippen LogP contribution in [-0.4, -0.2) is 25.9 Å². The Balaban J connectivity index is 2.98. The number of ether oxygens (including phenoxy) is 2. The van der Waals surface area contributed by atoms with Crippen LogP contribution in [0.2, 0.25) is 0 Å². The highest BCUT2D eigenvalue weighted by atomic mass is 16.5. The largest absolute Gasteiger partial charge is 0.379 e. The van der Waals surface area contributed by atoms with Crippen LogP contribution in [-0.2, 0) is 9.47 Å². The third kappa shape index (κ3) is 5.54. The second kappa shape index (κ2) is 6.53. The first-order valence-corrected chi connectivity index (χ1v) is 3.40. The lowest BCUT2D eigenvalue weighted by atomic mass is 10.5.